The van der Waals surface area contributed by atoms with Crippen molar-refractivity contribution in [2.45, 2.75) is 24.5 Å². The van der Waals surface area contributed by atoms with Gasteiger partial charge in [0, 0.05) is 49.2 Å². The molecule has 0 bridgehead atoms. The van der Waals surface area contributed by atoms with Crippen molar-refractivity contribution >= 4 is 17.7 Å². The number of ether oxygens (including phenoxy) is 2. The number of piperidine rings is 1. The highest BCUT2D eigenvalue weighted by Gasteiger charge is 2.21. The van der Waals surface area contributed by atoms with E-state index in [0.717, 1.165) is 43.2 Å². The van der Waals surface area contributed by atoms with Crippen LogP contribution in [0, 0.1) is 5.92 Å². The minimum atomic E-state index is -0.111. The van der Waals surface area contributed by atoms with E-state index in [1.807, 2.05) is 18.6 Å². The predicted molar refractivity (Wildman–Crippen MR) is 114 cm³/mol. The van der Waals surface area contributed by atoms with Gasteiger partial charge in [0.1, 0.15) is 11.5 Å². The number of nitrogens with zero attached hydrogens (tertiary/aromatic N) is 3. The number of carbonyl (C=O) groups is 1. The van der Waals surface area contributed by atoms with E-state index in [4.69, 9.17) is 9.47 Å². The van der Waals surface area contributed by atoms with E-state index in [2.05, 4.69) is 20.2 Å². The molecule has 156 valence electrons. The van der Waals surface area contributed by atoms with Crippen LogP contribution in [0.1, 0.15) is 28.8 Å². The lowest BCUT2D eigenvalue weighted by Gasteiger charge is -2.32. The molecular weight excluding hydrogens is 388 g/mol. The number of hydrogen-bond donors (Lipinski definition) is 1. The summed E-state index contributed by atoms with van der Waals surface area (Å²) in [5, 5.41) is 3.86. The molecule has 7 nitrogen and oxygen atoms in total. The van der Waals surface area contributed by atoms with Gasteiger partial charge in [-0.2, -0.15) is 0 Å². The molecule has 8 heteroatoms. The van der Waals surface area contributed by atoms with Crippen molar-refractivity contribution in [3.63, 3.8) is 0 Å². The molecule has 29 heavy (non-hydrogen) atoms. The fourth-order valence-electron chi connectivity index (χ4n) is 3.53. The van der Waals surface area contributed by atoms with Crippen LogP contribution in [0.2, 0.25) is 0 Å². The van der Waals surface area contributed by atoms with Crippen molar-refractivity contribution in [3.8, 4) is 11.5 Å². The molecule has 0 aliphatic carbocycles. The standard InChI is InChI=1S/C21H28N4O3S/c1-27-18-7-17(8-19(9-18)28-2)20(26)22-10-15-5-4-6-25(13-15)14-16-11-23-21(29-3)24-12-16/h7-9,11-12,15H,4-6,10,13-14H2,1-3H3,(H,22,26). The zero-order chi connectivity index (χ0) is 20.6. The molecule has 2 heterocycles. The topological polar surface area (TPSA) is 76.6 Å². The summed E-state index contributed by atoms with van der Waals surface area (Å²) >= 11 is 1.54. The molecule has 1 aromatic heterocycles. The largest absolute Gasteiger partial charge is 0.497 e. The first kappa shape index (κ1) is 21.4. The van der Waals surface area contributed by atoms with Crippen LogP contribution >= 0.6 is 11.8 Å². The maximum atomic E-state index is 12.6. The second kappa shape index (κ2) is 10.5. The van der Waals surface area contributed by atoms with Crippen LogP contribution in [0.4, 0.5) is 0 Å². The van der Waals surface area contributed by atoms with Crippen LogP contribution in [-0.4, -0.2) is 60.9 Å². The van der Waals surface area contributed by atoms with E-state index >= 15 is 0 Å². The molecule has 2 aromatic rings. The maximum absolute atomic E-state index is 12.6. The Kier molecular flexibility index (Phi) is 7.71. The van der Waals surface area contributed by atoms with Gasteiger partial charge in [-0.15, -0.1) is 0 Å². The lowest BCUT2D eigenvalue weighted by molar-refractivity contribution is 0.0930. The number of carbonyl (C=O) groups excluding carboxylic acids is 1. The molecule has 3 rings (SSSR count). The van der Waals surface area contributed by atoms with Crippen molar-refractivity contribution in [1.29, 1.82) is 0 Å². The van der Waals surface area contributed by atoms with Crippen LogP contribution in [0.3, 0.4) is 0 Å². The van der Waals surface area contributed by atoms with Gasteiger partial charge in [0.2, 0.25) is 0 Å². The van der Waals surface area contributed by atoms with E-state index in [1.54, 1.807) is 44.2 Å². The van der Waals surface area contributed by atoms with Crippen molar-refractivity contribution in [2.75, 3.05) is 40.1 Å². The van der Waals surface area contributed by atoms with Gasteiger partial charge in [0.25, 0.3) is 5.91 Å². The quantitative estimate of drug-likeness (QED) is 0.524. The summed E-state index contributed by atoms with van der Waals surface area (Å²) in [5.41, 5.74) is 1.66. The summed E-state index contributed by atoms with van der Waals surface area (Å²) in [4.78, 5) is 23.7. The molecule has 1 fully saturated rings. The lowest BCUT2D eigenvalue weighted by atomic mass is 9.97. The van der Waals surface area contributed by atoms with Gasteiger partial charge in [0.15, 0.2) is 5.16 Å². The number of hydrogen-bond acceptors (Lipinski definition) is 7. The Hall–Kier alpha value is -2.32. The van der Waals surface area contributed by atoms with E-state index < -0.39 is 0 Å². The lowest BCUT2D eigenvalue weighted by Crippen LogP contribution is -2.40. The Morgan fingerprint density at radius 2 is 1.90 bits per heavy atom. The first-order valence-electron chi connectivity index (χ1n) is 9.69. The summed E-state index contributed by atoms with van der Waals surface area (Å²) < 4.78 is 10.5. The van der Waals surface area contributed by atoms with Crippen LogP contribution in [0.15, 0.2) is 35.7 Å². The van der Waals surface area contributed by atoms with Crippen molar-refractivity contribution in [3.05, 3.63) is 41.7 Å². The molecule has 1 aliphatic heterocycles. The van der Waals surface area contributed by atoms with E-state index in [0.29, 0.717) is 29.5 Å². The van der Waals surface area contributed by atoms with Crippen molar-refractivity contribution in [2.24, 2.45) is 5.92 Å². The van der Waals surface area contributed by atoms with Gasteiger partial charge in [-0.3, -0.25) is 9.69 Å². The minimum absolute atomic E-state index is 0.111. The monoisotopic (exact) mass is 416 g/mol. The molecule has 1 saturated heterocycles. The Morgan fingerprint density at radius 1 is 1.21 bits per heavy atom. The molecule has 1 N–H and O–H groups in total. The van der Waals surface area contributed by atoms with Gasteiger partial charge < -0.3 is 14.8 Å². The highest BCUT2D eigenvalue weighted by atomic mass is 32.2. The van der Waals surface area contributed by atoms with E-state index in [1.165, 1.54) is 0 Å². The molecule has 1 amide bonds. The van der Waals surface area contributed by atoms with E-state index in [-0.39, 0.29) is 5.91 Å². The first-order chi connectivity index (χ1) is 14.1. The van der Waals surface area contributed by atoms with Crippen LogP contribution < -0.4 is 14.8 Å². The van der Waals surface area contributed by atoms with Gasteiger partial charge in [0.05, 0.1) is 14.2 Å². The maximum Gasteiger partial charge on any atom is 0.251 e. The molecular formula is C21H28N4O3S. The summed E-state index contributed by atoms with van der Waals surface area (Å²) in [6.45, 7) is 3.50. The number of aromatic nitrogens is 2. The molecule has 0 spiro atoms. The molecule has 0 radical (unpaired) electrons. The average Bonchev–Trinajstić information content (AvgIpc) is 2.77. The Bertz CT molecular complexity index is 794. The first-order valence-corrected chi connectivity index (χ1v) is 10.9. The second-order valence-electron chi connectivity index (χ2n) is 7.13. The number of rotatable bonds is 8. The summed E-state index contributed by atoms with van der Waals surface area (Å²) in [7, 11) is 3.15. The zero-order valence-electron chi connectivity index (χ0n) is 17.2. The Morgan fingerprint density at radius 3 is 2.52 bits per heavy atom. The summed E-state index contributed by atoms with van der Waals surface area (Å²) in [6.07, 6.45) is 8.01. The molecule has 1 unspecified atom stereocenters. The fourth-order valence-corrected chi connectivity index (χ4v) is 3.84. The highest BCUT2D eigenvalue weighted by molar-refractivity contribution is 7.98. The van der Waals surface area contributed by atoms with Crippen LogP contribution in [0.25, 0.3) is 0 Å². The number of methoxy groups -OCH3 is 2. The predicted octanol–water partition coefficient (Wildman–Crippen LogP) is 2.86. The van der Waals surface area contributed by atoms with Crippen molar-refractivity contribution < 1.29 is 14.3 Å². The fraction of sp³-hybridized carbons (Fsp3) is 0.476. The normalized spacial score (nSPS) is 17.0. The van der Waals surface area contributed by atoms with Gasteiger partial charge in [-0.05, 0) is 43.7 Å². The molecule has 1 aromatic carbocycles. The molecule has 0 saturated carbocycles. The van der Waals surface area contributed by atoms with Crippen molar-refractivity contribution in [1.82, 2.24) is 20.2 Å². The third kappa shape index (κ3) is 6.08. The third-order valence-electron chi connectivity index (χ3n) is 5.04. The number of benzene rings is 1. The smallest absolute Gasteiger partial charge is 0.251 e. The van der Waals surface area contributed by atoms with Gasteiger partial charge >= 0.3 is 0 Å². The highest BCUT2D eigenvalue weighted by Crippen LogP contribution is 2.23. The molecule has 1 aliphatic rings. The number of amides is 1. The van der Waals surface area contributed by atoms with Crippen LogP contribution in [0.5, 0.6) is 11.5 Å². The third-order valence-corrected chi connectivity index (χ3v) is 5.61. The average molecular weight is 417 g/mol. The van der Waals surface area contributed by atoms with Gasteiger partial charge in [-0.1, -0.05) is 11.8 Å². The second-order valence-corrected chi connectivity index (χ2v) is 7.91. The van der Waals surface area contributed by atoms with Gasteiger partial charge in [-0.25, -0.2) is 9.97 Å². The number of nitrogens with one attached hydrogen (secondary N) is 1. The van der Waals surface area contributed by atoms with E-state index in [9.17, 15) is 4.79 Å². The Balaban J connectivity index is 1.53. The number of thioether (sulfide) groups is 1. The zero-order valence-corrected chi connectivity index (χ0v) is 18.0. The summed E-state index contributed by atoms with van der Waals surface area (Å²) in [6, 6.07) is 5.21. The summed E-state index contributed by atoms with van der Waals surface area (Å²) in [5.74, 6) is 1.52. The SMILES string of the molecule is COc1cc(OC)cc(C(=O)NCC2CCCN(Cc3cnc(SC)nc3)C2)c1. The minimum Gasteiger partial charge on any atom is -0.497 e. The number of likely N-dealkylation sites (tertiary alicyclic amines) is 1. The van der Waals surface area contributed by atoms with Crippen LogP contribution in [-0.2, 0) is 6.54 Å². The Labute approximate surface area is 176 Å². The molecule has 1 atom stereocenters.